The maximum Gasteiger partial charge on any atom is 0.217 e. The molecule has 0 aromatic heterocycles. The van der Waals surface area contributed by atoms with Gasteiger partial charge in [-0.25, -0.2) is 8.78 Å². The highest BCUT2D eigenvalue weighted by atomic mass is 19.1. The number of primary amides is 1. The third kappa shape index (κ3) is 4.48. The van der Waals surface area contributed by atoms with E-state index in [2.05, 4.69) is 0 Å². The van der Waals surface area contributed by atoms with Gasteiger partial charge in [0.2, 0.25) is 5.91 Å². The zero-order chi connectivity index (χ0) is 12.8. The lowest BCUT2D eigenvalue weighted by molar-refractivity contribution is -0.118. The quantitative estimate of drug-likeness (QED) is 0.749. The van der Waals surface area contributed by atoms with Crippen LogP contribution in [0.4, 0.5) is 8.78 Å². The molecule has 0 heterocycles. The van der Waals surface area contributed by atoms with E-state index < -0.39 is 17.7 Å². The summed E-state index contributed by atoms with van der Waals surface area (Å²) in [7, 11) is 0. The Kier molecular flexibility index (Phi) is 5.03. The van der Waals surface area contributed by atoms with Crippen LogP contribution in [0.15, 0.2) is 18.2 Å². The van der Waals surface area contributed by atoms with Crippen molar-refractivity contribution in [2.45, 2.75) is 31.7 Å². The van der Waals surface area contributed by atoms with E-state index in [0.29, 0.717) is 25.7 Å². The molecule has 94 valence electrons. The third-order valence-corrected chi connectivity index (χ3v) is 2.55. The van der Waals surface area contributed by atoms with E-state index in [1.807, 2.05) is 0 Å². The minimum atomic E-state index is -0.557. The van der Waals surface area contributed by atoms with Crippen LogP contribution in [0.2, 0.25) is 0 Å². The third-order valence-electron chi connectivity index (χ3n) is 2.55. The molecule has 0 aliphatic heterocycles. The van der Waals surface area contributed by atoms with Crippen molar-refractivity contribution < 1.29 is 13.6 Å². The van der Waals surface area contributed by atoms with Gasteiger partial charge in [0.1, 0.15) is 11.6 Å². The summed E-state index contributed by atoms with van der Waals surface area (Å²) in [6, 6.07) is 2.67. The van der Waals surface area contributed by atoms with E-state index in [0.717, 1.165) is 18.2 Å². The molecule has 3 nitrogen and oxygen atoms in total. The molecule has 0 spiro atoms. The summed E-state index contributed by atoms with van der Waals surface area (Å²) in [5, 5.41) is 0. The average Bonchev–Trinajstić information content (AvgIpc) is 2.27. The van der Waals surface area contributed by atoms with Crippen molar-refractivity contribution in [2.24, 2.45) is 11.5 Å². The molecule has 1 aromatic carbocycles. The molecule has 1 aromatic rings. The topological polar surface area (TPSA) is 69.1 Å². The van der Waals surface area contributed by atoms with E-state index in [9.17, 15) is 13.6 Å². The minimum absolute atomic E-state index is 0.170. The Labute approximate surface area is 98.8 Å². The van der Waals surface area contributed by atoms with Crippen molar-refractivity contribution in [1.82, 2.24) is 0 Å². The lowest BCUT2D eigenvalue weighted by Gasteiger charge is -2.12. The Morgan fingerprint density at radius 1 is 1.29 bits per heavy atom. The lowest BCUT2D eigenvalue weighted by atomic mass is 10.0. The summed E-state index contributed by atoms with van der Waals surface area (Å²) in [6.45, 7) is 0. The number of halogens is 2. The van der Waals surface area contributed by atoms with Gasteiger partial charge in [0.05, 0.1) is 0 Å². The summed E-state index contributed by atoms with van der Waals surface area (Å²) in [4.78, 5) is 10.5. The predicted octanol–water partition coefficient (Wildman–Crippen LogP) is 2.01. The van der Waals surface area contributed by atoms with E-state index >= 15 is 0 Å². The van der Waals surface area contributed by atoms with Crippen molar-refractivity contribution in [2.75, 3.05) is 0 Å². The molecule has 1 amide bonds. The maximum atomic E-state index is 13.3. The first-order valence-electron chi connectivity index (χ1n) is 5.49. The molecular formula is C12H16F2N2O. The molecule has 0 saturated heterocycles. The number of amides is 1. The Balaban J connectivity index is 2.49. The minimum Gasteiger partial charge on any atom is -0.370 e. The highest BCUT2D eigenvalue weighted by Crippen LogP contribution is 2.21. The van der Waals surface area contributed by atoms with Gasteiger partial charge in [-0.3, -0.25) is 4.79 Å². The molecule has 1 atom stereocenters. The van der Waals surface area contributed by atoms with Crippen LogP contribution in [-0.2, 0) is 4.79 Å². The fraction of sp³-hybridized carbons (Fsp3) is 0.417. The molecule has 1 unspecified atom stereocenters. The number of rotatable bonds is 6. The van der Waals surface area contributed by atoms with E-state index in [1.54, 1.807) is 0 Å². The Hall–Kier alpha value is -1.49. The fourth-order valence-corrected chi connectivity index (χ4v) is 1.62. The van der Waals surface area contributed by atoms with Crippen LogP contribution in [0.3, 0.4) is 0 Å². The summed E-state index contributed by atoms with van der Waals surface area (Å²) >= 11 is 0. The summed E-state index contributed by atoms with van der Waals surface area (Å²) in [5.74, 6) is -1.38. The van der Waals surface area contributed by atoms with Crippen molar-refractivity contribution in [3.05, 3.63) is 35.4 Å². The summed E-state index contributed by atoms with van der Waals surface area (Å²) < 4.78 is 26.3. The fourth-order valence-electron chi connectivity index (χ4n) is 1.62. The number of unbranched alkanes of at least 4 members (excludes halogenated alkanes) is 1. The molecule has 4 N–H and O–H groups in total. The van der Waals surface area contributed by atoms with Gasteiger partial charge in [-0.15, -0.1) is 0 Å². The van der Waals surface area contributed by atoms with Crippen LogP contribution >= 0.6 is 0 Å². The molecule has 0 aliphatic rings. The molecule has 0 aliphatic carbocycles. The van der Waals surface area contributed by atoms with Crippen LogP contribution in [-0.4, -0.2) is 5.91 Å². The largest absolute Gasteiger partial charge is 0.370 e. The normalized spacial score (nSPS) is 12.4. The zero-order valence-electron chi connectivity index (χ0n) is 9.46. The van der Waals surface area contributed by atoms with Crippen LogP contribution < -0.4 is 11.5 Å². The monoisotopic (exact) mass is 242 g/mol. The van der Waals surface area contributed by atoms with Gasteiger partial charge in [0.15, 0.2) is 0 Å². The van der Waals surface area contributed by atoms with Crippen molar-refractivity contribution >= 4 is 5.91 Å². The maximum absolute atomic E-state index is 13.3. The lowest BCUT2D eigenvalue weighted by Crippen LogP contribution is -2.13. The molecule has 1 rings (SSSR count). The molecule has 5 heteroatoms. The number of nitrogens with two attached hydrogens (primary N) is 2. The smallest absolute Gasteiger partial charge is 0.217 e. The van der Waals surface area contributed by atoms with E-state index in [-0.39, 0.29) is 11.5 Å². The first-order chi connectivity index (χ1) is 8.00. The number of benzene rings is 1. The standard InChI is InChI=1S/C12H16F2N2O/c13-8-5-6-10(14)9(7-8)11(15)3-1-2-4-12(16)17/h5-7,11H,1-4,15H2,(H2,16,17). The highest BCUT2D eigenvalue weighted by Gasteiger charge is 2.12. The second kappa shape index (κ2) is 6.30. The molecule has 0 bridgehead atoms. The average molecular weight is 242 g/mol. The van der Waals surface area contributed by atoms with Crippen LogP contribution in [0.25, 0.3) is 0 Å². The van der Waals surface area contributed by atoms with Gasteiger partial charge in [0.25, 0.3) is 0 Å². The van der Waals surface area contributed by atoms with Gasteiger partial charge in [0, 0.05) is 18.0 Å². The summed E-state index contributed by atoms with van der Waals surface area (Å²) in [5.41, 5.74) is 10.9. The first kappa shape index (κ1) is 13.6. The van der Waals surface area contributed by atoms with Gasteiger partial charge in [-0.05, 0) is 31.0 Å². The van der Waals surface area contributed by atoms with Crippen molar-refractivity contribution in [3.63, 3.8) is 0 Å². The van der Waals surface area contributed by atoms with Crippen LogP contribution in [0.5, 0.6) is 0 Å². The van der Waals surface area contributed by atoms with Gasteiger partial charge >= 0.3 is 0 Å². The predicted molar refractivity (Wildman–Crippen MR) is 60.9 cm³/mol. The van der Waals surface area contributed by atoms with Crippen LogP contribution in [0.1, 0.15) is 37.3 Å². The number of carbonyl (C=O) groups excluding carboxylic acids is 1. The highest BCUT2D eigenvalue weighted by molar-refractivity contribution is 5.73. The van der Waals surface area contributed by atoms with Gasteiger partial charge < -0.3 is 11.5 Å². The van der Waals surface area contributed by atoms with Crippen LogP contribution in [0, 0.1) is 11.6 Å². The van der Waals surface area contributed by atoms with E-state index in [4.69, 9.17) is 11.5 Å². The summed E-state index contributed by atoms with van der Waals surface area (Å²) in [6.07, 6.45) is 2.05. The van der Waals surface area contributed by atoms with E-state index in [1.165, 1.54) is 0 Å². The molecular weight excluding hydrogens is 226 g/mol. The molecule has 17 heavy (non-hydrogen) atoms. The SMILES string of the molecule is NC(=O)CCCCC(N)c1cc(F)ccc1F. The van der Waals surface area contributed by atoms with Gasteiger partial charge in [-0.1, -0.05) is 6.42 Å². The number of hydrogen-bond donors (Lipinski definition) is 2. The Bertz CT molecular complexity index is 396. The second-order valence-electron chi connectivity index (χ2n) is 3.98. The second-order valence-corrected chi connectivity index (χ2v) is 3.98. The molecule has 0 radical (unpaired) electrons. The first-order valence-corrected chi connectivity index (χ1v) is 5.49. The Morgan fingerprint density at radius 3 is 2.65 bits per heavy atom. The molecule has 0 saturated carbocycles. The number of carbonyl (C=O) groups is 1. The molecule has 0 fully saturated rings. The Morgan fingerprint density at radius 2 is 2.00 bits per heavy atom. The van der Waals surface area contributed by atoms with Crippen molar-refractivity contribution in [1.29, 1.82) is 0 Å². The zero-order valence-corrected chi connectivity index (χ0v) is 9.46. The number of hydrogen-bond acceptors (Lipinski definition) is 2. The van der Waals surface area contributed by atoms with Gasteiger partial charge in [-0.2, -0.15) is 0 Å². The van der Waals surface area contributed by atoms with Crippen molar-refractivity contribution in [3.8, 4) is 0 Å².